The number of nitrogens with zero attached hydrogens (tertiary/aromatic N) is 1. The Morgan fingerprint density at radius 1 is 1.13 bits per heavy atom. The second-order valence-electron chi connectivity index (χ2n) is 6.63. The molecular weight excluding hydrogens is 396 g/mol. The largest absolute Gasteiger partial charge is 0.497 e. The van der Waals surface area contributed by atoms with Crippen molar-refractivity contribution in [3.05, 3.63) is 53.6 Å². The second kappa shape index (κ2) is 10.0. The predicted octanol–water partition coefficient (Wildman–Crippen LogP) is 3.36. The second-order valence-corrected chi connectivity index (χ2v) is 6.63. The molecule has 7 nitrogen and oxygen atoms in total. The topological polar surface area (TPSA) is 81.2 Å². The molecule has 2 N–H and O–H groups in total. The van der Waals surface area contributed by atoms with E-state index in [2.05, 4.69) is 15.6 Å². The van der Waals surface area contributed by atoms with Gasteiger partial charge in [0.1, 0.15) is 11.5 Å². The number of carbonyl (C=O) groups excluding carboxylic acids is 1. The lowest BCUT2D eigenvalue weighted by atomic mass is 10.2. The number of nitrogens with one attached hydrogen (secondary N) is 2. The van der Waals surface area contributed by atoms with Crippen molar-refractivity contribution in [3.8, 4) is 11.5 Å². The number of aliphatic imine (C=N–C) groups is 1. The van der Waals surface area contributed by atoms with Crippen molar-refractivity contribution in [3.63, 3.8) is 0 Å². The number of benzene rings is 2. The third kappa shape index (κ3) is 5.66. The highest BCUT2D eigenvalue weighted by Gasteiger charge is 2.17. The number of ether oxygens (including phenoxy) is 3. The molecule has 0 aromatic heterocycles. The number of guanidine groups is 1. The van der Waals surface area contributed by atoms with Gasteiger partial charge in [-0.1, -0.05) is 0 Å². The molecule has 0 radical (unpaired) electrons. The highest BCUT2D eigenvalue weighted by atomic mass is 19.2. The number of amides is 1. The Hall–Kier alpha value is -3.20. The molecule has 1 unspecified atom stereocenters. The maximum atomic E-state index is 13.5. The standard InChI is InChI=1S/C21H23F2N3O4/c1-28-16-9-14(10-17(11-16)29-2)25-21(24-12-15-4-3-7-30-15)26-20(27)13-5-6-18(22)19(23)8-13/h5-6,8-11,15H,3-4,7,12H2,1-2H3,(H2,24,25,26,27). The van der Waals surface area contributed by atoms with Crippen LogP contribution in [0, 0.1) is 11.6 Å². The number of rotatable bonds is 6. The normalized spacial score (nSPS) is 16.3. The molecular formula is C21H23F2N3O4. The Morgan fingerprint density at radius 2 is 1.87 bits per heavy atom. The minimum Gasteiger partial charge on any atom is -0.497 e. The van der Waals surface area contributed by atoms with Gasteiger partial charge in [-0.25, -0.2) is 13.8 Å². The molecule has 0 aliphatic carbocycles. The summed E-state index contributed by atoms with van der Waals surface area (Å²) in [5.41, 5.74) is 0.520. The van der Waals surface area contributed by atoms with Crippen molar-refractivity contribution in [2.24, 2.45) is 4.99 Å². The first-order valence-corrected chi connectivity index (χ1v) is 9.41. The van der Waals surface area contributed by atoms with Crippen LogP contribution in [0.15, 0.2) is 41.4 Å². The molecule has 1 amide bonds. The van der Waals surface area contributed by atoms with Crippen molar-refractivity contribution < 1.29 is 27.8 Å². The SMILES string of the molecule is COc1cc(NC(=NCC2CCCO2)NC(=O)c2ccc(F)c(F)c2)cc(OC)c1. The van der Waals surface area contributed by atoms with E-state index in [4.69, 9.17) is 14.2 Å². The third-order valence-electron chi connectivity index (χ3n) is 4.50. The number of methoxy groups -OCH3 is 2. The summed E-state index contributed by atoms with van der Waals surface area (Å²) >= 11 is 0. The number of hydrogen-bond donors (Lipinski definition) is 2. The lowest BCUT2D eigenvalue weighted by Gasteiger charge is -2.15. The van der Waals surface area contributed by atoms with Crippen LogP contribution >= 0.6 is 0 Å². The van der Waals surface area contributed by atoms with Crippen molar-refractivity contribution in [2.45, 2.75) is 18.9 Å². The maximum absolute atomic E-state index is 13.5. The third-order valence-corrected chi connectivity index (χ3v) is 4.50. The minimum atomic E-state index is -1.11. The van der Waals surface area contributed by atoms with Gasteiger partial charge in [0.15, 0.2) is 11.6 Å². The van der Waals surface area contributed by atoms with E-state index in [9.17, 15) is 13.6 Å². The molecule has 2 aromatic rings. The van der Waals surface area contributed by atoms with Crippen LogP contribution in [0.2, 0.25) is 0 Å². The molecule has 1 aliphatic rings. The summed E-state index contributed by atoms with van der Waals surface area (Å²) in [6.07, 6.45) is 1.79. The molecule has 0 spiro atoms. The van der Waals surface area contributed by atoms with E-state index in [1.807, 2.05) is 0 Å². The van der Waals surface area contributed by atoms with E-state index in [0.29, 0.717) is 30.3 Å². The Labute approximate surface area is 173 Å². The van der Waals surface area contributed by atoms with E-state index in [0.717, 1.165) is 25.0 Å². The van der Waals surface area contributed by atoms with Gasteiger partial charge in [0, 0.05) is 36.1 Å². The monoisotopic (exact) mass is 419 g/mol. The molecule has 1 atom stereocenters. The molecule has 160 valence electrons. The highest BCUT2D eigenvalue weighted by molar-refractivity contribution is 6.10. The van der Waals surface area contributed by atoms with Crippen LogP contribution in [0.3, 0.4) is 0 Å². The molecule has 0 bridgehead atoms. The van der Waals surface area contributed by atoms with Crippen LogP contribution in [-0.2, 0) is 4.74 Å². The Balaban J connectivity index is 1.81. The average Bonchev–Trinajstić information content (AvgIpc) is 3.27. The summed E-state index contributed by atoms with van der Waals surface area (Å²) in [6, 6.07) is 8.03. The fourth-order valence-corrected chi connectivity index (χ4v) is 2.93. The van der Waals surface area contributed by atoms with Gasteiger partial charge < -0.3 is 19.5 Å². The summed E-state index contributed by atoms with van der Waals surface area (Å²) in [5, 5.41) is 5.61. The van der Waals surface area contributed by atoms with Crippen LogP contribution in [0.1, 0.15) is 23.2 Å². The number of hydrogen-bond acceptors (Lipinski definition) is 5. The smallest absolute Gasteiger partial charge is 0.258 e. The summed E-state index contributed by atoms with van der Waals surface area (Å²) in [7, 11) is 3.05. The molecule has 1 fully saturated rings. The van der Waals surface area contributed by atoms with Crippen LogP contribution in [-0.4, -0.2) is 45.3 Å². The Morgan fingerprint density at radius 3 is 2.47 bits per heavy atom. The molecule has 3 rings (SSSR count). The van der Waals surface area contributed by atoms with Gasteiger partial charge in [0.05, 0.1) is 26.9 Å². The number of carbonyl (C=O) groups is 1. The fourth-order valence-electron chi connectivity index (χ4n) is 2.93. The Bertz CT molecular complexity index is 908. The molecule has 30 heavy (non-hydrogen) atoms. The maximum Gasteiger partial charge on any atom is 0.258 e. The minimum absolute atomic E-state index is 0.0382. The predicted molar refractivity (Wildman–Crippen MR) is 108 cm³/mol. The van der Waals surface area contributed by atoms with E-state index in [-0.39, 0.29) is 17.6 Å². The van der Waals surface area contributed by atoms with Gasteiger partial charge in [0.25, 0.3) is 5.91 Å². The van der Waals surface area contributed by atoms with Crippen molar-refractivity contribution in [2.75, 3.05) is 32.7 Å². The molecule has 1 heterocycles. The lowest BCUT2D eigenvalue weighted by Crippen LogP contribution is -2.36. The molecule has 0 saturated carbocycles. The van der Waals surface area contributed by atoms with Gasteiger partial charge in [-0.15, -0.1) is 0 Å². The van der Waals surface area contributed by atoms with Crippen molar-refractivity contribution >= 4 is 17.6 Å². The van der Waals surface area contributed by atoms with E-state index < -0.39 is 17.5 Å². The van der Waals surface area contributed by atoms with Gasteiger partial charge in [-0.3, -0.25) is 10.1 Å². The van der Waals surface area contributed by atoms with Crippen molar-refractivity contribution in [1.82, 2.24) is 5.32 Å². The number of anilines is 1. The quantitative estimate of drug-likeness (QED) is 0.554. The molecule has 2 aromatic carbocycles. The van der Waals surface area contributed by atoms with Gasteiger partial charge in [-0.05, 0) is 31.0 Å². The zero-order valence-electron chi connectivity index (χ0n) is 16.7. The summed E-state index contributed by atoms with van der Waals surface area (Å²) in [5.74, 6) is -1.55. The summed E-state index contributed by atoms with van der Waals surface area (Å²) < 4.78 is 42.7. The molecule has 1 saturated heterocycles. The van der Waals surface area contributed by atoms with Gasteiger partial charge in [0.2, 0.25) is 5.96 Å². The van der Waals surface area contributed by atoms with E-state index >= 15 is 0 Å². The first-order valence-electron chi connectivity index (χ1n) is 9.41. The zero-order valence-corrected chi connectivity index (χ0v) is 16.7. The lowest BCUT2D eigenvalue weighted by molar-refractivity contribution is 0.0975. The van der Waals surface area contributed by atoms with Crippen LogP contribution in [0.4, 0.5) is 14.5 Å². The highest BCUT2D eigenvalue weighted by Crippen LogP contribution is 2.25. The molecule has 1 aliphatic heterocycles. The summed E-state index contributed by atoms with van der Waals surface area (Å²) in [4.78, 5) is 17.0. The Kier molecular flexibility index (Phi) is 7.18. The van der Waals surface area contributed by atoms with Crippen LogP contribution in [0.25, 0.3) is 0 Å². The van der Waals surface area contributed by atoms with Crippen molar-refractivity contribution in [1.29, 1.82) is 0 Å². The van der Waals surface area contributed by atoms with Crippen LogP contribution < -0.4 is 20.1 Å². The first-order chi connectivity index (χ1) is 14.5. The van der Waals surface area contributed by atoms with Gasteiger partial charge in [-0.2, -0.15) is 0 Å². The number of halogens is 2. The summed E-state index contributed by atoms with van der Waals surface area (Å²) in [6.45, 7) is 1.01. The zero-order chi connectivity index (χ0) is 21.5. The average molecular weight is 419 g/mol. The van der Waals surface area contributed by atoms with E-state index in [1.54, 1.807) is 18.2 Å². The van der Waals surface area contributed by atoms with Gasteiger partial charge >= 0.3 is 0 Å². The van der Waals surface area contributed by atoms with Crippen LogP contribution in [0.5, 0.6) is 11.5 Å². The fraction of sp³-hybridized carbons (Fsp3) is 0.333. The van der Waals surface area contributed by atoms with E-state index in [1.165, 1.54) is 20.3 Å². The molecule has 9 heteroatoms. The first kappa shape index (κ1) is 21.5.